The predicted molar refractivity (Wildman–Crippen MR) is 171 cm³/mol. The zero-order valence-corrected chi connectivity index (χ0v) is 27.9. The molecule has 0 radical (unpaired) electrons. The first-order valence-electron chi connectivity index (χ1n) is 16.0. The second-order valence-electron chi connectivity index (χ2n) is 14.0. The molecule has 5 rings (SSSR count). The Balaban J connectivity index is 1.30. The number of piperidine rings is 1. The van der Waals surface area contributed by atoms with Gasteiger partial charge in [-0.15, -0.1) is 0 Å². The van der Waals surface area contributed by atoms with Crippen molar-refractivity contribution >= 4 is 31.5 Å². The van der Waals surface area contributed by atoms with E-state index in [1.165, 1.54) is 11.8 Å². The number of sulfone groups is 1. The van der Waals surface area contributed by atoms with Gasteiger partial charge in [-0.2, -0.15) is 4.31 Å². The number of fused-ring (bicyclic) bond motifs is 2. The van der Waals surface area contributed by atoms with Gasteiger partial charge in [-0.25, -0.2) is 16.8 Å². The van der Waals surface area contributed by atoms with Gasteiger partial charge in [-0.1, -0.05) is 32.0 Å². The van der Waals surface area contributed by atoms with Crippen LogP contribution in [-0.2, 0) is 24.7 Å². The smallest absolute Gasteiger partial charge is 0.237 e. The minimum Gasteiger partial charge on any atom is -0.369 e. The summed E-state index contributed by atoms with van der Waals surface area (Å²) in [5.41, 5.74) is 1.52. The second kappa shape index (κ2) is 12.6. The summed E-state index contributed by atoms with van der Waals surface area (Å²) in [7, 11) is -6.83. The molecule has 4 aliphatic rings. The van der Waals surface area contributed by atoms with Gasteiger partial charge < -0.3 is 20.9 Å². The van der Waals surface area contributed by atoms with Crippen molar-refractivity contribution in [2.45, 2.75) is 77.4 Å². The third-order valence-electron chi connectivity index (χ3n) is 11.1. The summed E-state index contributed by atoms with van der Waals surface area (Å²) in [4.78, 5) is 16.1. The van der Waals surface area contributed by atoms with Gasteiger partial charge >= 0.3 is 0 Å². The zero-order chi connectivity index (χ0) is 31.0. The maximum Gasteiger partial charge on any atom is 0.237 e. The van der Waals surface area contributed by atoms with Crippen LogP contribution in [0.25, 0.3) is 0 Å². The van der Waals surface area contributed by atoms with Crippen molar-refractivity contribution in [1.82, 2.24) is 20.3 Å². The first-order valence-corrected chi connectivity index (χ1v) is 19.6. The minimum atomic E-state index is -3.59. The van der Waals surface area contributed by atoms with E-state index < -0.39 is 31.3 Å². The molecule has 2 heterocycles. The van der Waals surface area contributed by atoms with Gasteiger partial charge in [0.1, 0.15) is 9.84 Å². The van der Waals surface area contributed by atoms with E-state index in [-0.39, 0.29) is 41.3 Å². The lowest BCUT2D eigenvalue weighted by atomic mass is 9.69. The standard InChI is InChI=1S/C31H51N5O5S2/c1-23-7-5-6-8-27(23)35-16-18-36(19-17-35)43(40,41)22-31-13-9-24(30(31,2)3)21-28(31)34-29(37)26(12-20-42(4,38)39)33-25-10-14-32-15-11-25/h5-8,24-26,28,32-33H,9-22H2,1-4H3,(H,34,37)/t24?,26-,28-,31+/m0/s1. The summed E-state index contributed by atoms with van der Waals surface area (Å²) >= 11 is 0. The van der Waals surface area contributed by atoms with Crippen molar-refractivity contribution in [3.8, 4) is 0 Å². The number of benzene rings is 1. The average Bonchev–Trinajstić information content (AvgIpc) is 3.30. The highest BCUT2D eigenvalue weighted by atomic mass is 32.2. The summed E-state index contributed by atoms with van der Waals surface area (Å²) in [6, 6.07) is 7.44. The molecular formula is C31H51N5O5S2. The van der Waals surface area contributed by atoms with Gasteiger partial charge in [0.2, 0.25) is 15.9 Å². The fourth-order valence-corrected chi connectivity index (χ4v) is 11.3. The third-order valence-corrected chi connectivity index (χ3v) is 14.2. The number of para-hydroxylation sites is 1. The largest absolute Gasteiger partial charge is 0.369 e. The molecule has 3 N–H and O–H groups in total. The van der Waals surface area contributed by atoms with Gasteiger partial charge in [0.15, 0.2) is 0 Å². The van der Waals surface area contributed by atoms with Crippen LogP contribution in [-0.4, -0.2) is 102 Å². The van der Waals surface area contributed by atoms with E-state index in [0.29, 0.717) is 32.1 Å². The predicted octanol–water partition coefficient (Wildman–Crippen LogP) is 1.90. The minimum absolute atomic E-state index is 0.0224. The average molecular weight is 638 g/mol. The quantitative estimate of drug-likeness (QED) is 0.336. The Morgan fingerprint density at radius 3 is 2.35 bits per heavy atom. The van der Waals surface area contributed by atoms with Crippen molar-refractivity contribution < 1.29 is 21.6 Å². The molecule has 2 aliphatic carbocycles. The van der Waals surface area contributed by atoms with Gasteiger partial charge in [-0.05, 0) is 81.5 Å². The van der Waals surface area contributed by atoms with Crippen molar-refractivity contribution in [3.63, 3.8) is 0 Å². The van der Waals surface area contributed by atoms with E-state index in [2.05, 4.69) is 53.8 Å². The number of hydrogen-bond acceptors (Lipinski definition) is 8. The molecule has 2 saturated carbocycles. The summed E-state index contributed by atoms with van der Waals surface area (Å²) < 4.78 is 53.8. The van der Waals surface area contributed by atoms with E-state index in [1.54, 1.807) is 4.31 Å². The molecule has 1 amide bonds. The highest BCUT2D eigenvalue weighted by Crippen LogP contribution is 2.66. The number of nitrogens with one attached hydrogen (secondary N) is 3. The number of piperazine rings is 1. The number of carbonyl (C=O) groups excluding carboxylic acids is 1. The number of hydrogen-bond donors (Lipinski definition) is 3. The topological polar surface area (TPSA) is 128 Å². The molecule has 2 aliphatic heterocycles. The number of nitrogens with zero attached hydrogens (tertiary/aromatic N) is 2. The monoisotopic (exact) mass is 637 g/mol. The molecule has 242 valence electrons. The van der Waals surface area contributed by atoms with Crippen LogP contribution in [0, 0.1) is 23.7 Å². The van der Waals surface area contributed by atoms with E-state index in [1.807, 2.05) is 12.1 Å². The Labute approximate surface area is 258 Å². The van der Waals surface area contributed by atoms with Crippen LogP contribution in [0.4, 0.5) is 5.69 Å². The van der Waals surface area contributed by atoms with Crippen molar-refractivity contribution in [2.24, 2.45) is 16.7 Å². The Hall–Kier alpha value is -1.73. The molecular weight excluding hydrogens is 587 g/mol. The highest BCUT2D eigenvalue weighted by Gasteiger charge is 2.66. The van der Waals surface area contributed by atoms with Crippen LogP contribution in [0.3, 0.4) is 0 Å². The maximum absolute atomic E-state index is 14.1. The first-order chi connectivity index (χ1) is 20.2. The van der Waals surface area contributed by atoms with Gasteiger partial charge in [0, 0.05) is 55.6 Å². The van der Waals surface area contributed by atoms with Crippen molar-refractivity contribution in [3.05, 3.63) is 29.8 Å². The Morgan fingerprint density at radius 2 is 1.72 bits per heavy atom. The lowest BCUT2D eigenvalue weighted by Crippen LogP contribution is -2.59. The Morgan fingerprint density at radius 1 is 1.05 bits per heavy atom. The summed E-state index contributed by atoms with van der Waals surface area (Å²) in [5.74, 6) is 0.0709. The molecule has 0 aromatic heterocycles. The highest BCUT2D eigenvalue weighted by molar-refractivity contribution is 7.90. The number of carbonyl (C=O) groups is 1. The van der Waals surface area contributed by atoms with E-state index >= 15 is 0 Å². The number of rotatable bonds is 11. The van der Waals surface area contributed by atoms with Crippen LogP contribution >= 0.6 is 0 Å². The zero-order valence-electron chi connectivity index (χ0n) is 26.3. The molecule has 4 atom stereocenters. The van der Waals surface area contributed by atoms with Crippen LogP contribution in [0.5, 0.6) is 0 Å². The Kier molecular flexibility index (Phi) is 9.55. The van der Waals surface area contributed by atoms with Gasteiger partial charge in [-0.3, -0.25) is 4.79 Å². The van der Waals surface area contributed by atoms with Crippen LogP contribution in [0.2, 0.25) is 0 Å². The fraction of sp³-hybridized carbons (Fsp3) is 0.774. The molecule has 4 fully saturated rings. The number of aryl methyl sites for hydroxylation is 1. The number of anilines is 1. The molecule has 0 spiro atoms. The normalized spacial score (nSPS) is 29.1. The molecule has 12 heteroatoms. The maximum atomic E-state index is 14.1. The van der Waals surface area contributed by atoms with E-state index in [0.717, 1.165) is 50.9 Å². The SMILES string of the molecule is Cc1ccccc1N1CCN(S(=O)(=O)C[C@]23CCC(C[C@@H]2NC(=O)[C@H](CCS(C)(=O)=O)NC2CCNCC2)C3(C)C)CC1. The van der Waals surface area contributed by atoms with E-state index in [4.69, 9.17) is 0 Å². The van der Waals surface area contributed by atoms with Crippen LogP contribution < -0.4 is 20.9 Å². The summed E-state index contributed by atoms with van der Waals surface area (Å²) in [6.07, 6.45) is 5.62. The van der Waals surface area contributed by atoms with Gasteiger partial charge in [0.25, 0.3) is 0 Å². The van der Waals surface area contributed by atoms with Crippen molar-refractivity contribution in [1.29, 1.82) is 0 Å². The fourth-order valence-electron chi connectivity index (χ4n) is 8.33. The summed E-state index contributed by atoms with van der Waals surface area (Å²) in [6.45, 7) is 10.3. The summed E-state index contributed by atoms with van der Waals surface area (Å²) in [5, 5.41) is 10.1. The molecule has 10 nitrogen and oxygen atoms in total. The van der Waals surface area contributed by atoms with E-state index in [9.17, 15) is 21.6 Å². The Bertz CT molecular complexity index is 1370. The molecule has 1 aromatic carbocycles. The molecule has 2 bridgehead atoms. The number of amides is 1. The number of sulfonamides is 1. The molecule has 1 aromatic rings. The van der Waals surface area contributed by atoms with Crippen LogP contribution in [0.15, 0.2) is 24.3 Å². The van der Waals surface area contributed by atoms with Crippen molar-refractivity contribution in [2.75, 3.05) is 61.9 Å². The lowest BCUT2D eigenvalue weighted by Gasteiger charge is -2.45. The molecule has 43 heavy (non-hydrogen) atoms. The van der Waals surface area contributed by atoms with Crippen LogP contribution in [0.1, 0.15) is 57.9 Å². The molecule has 1 unspecified atom stereocenters. The van der Waals surface area contributed by atoms with Gasteiger partial charge in [0.05, 0.1) is 17.5 Å². The second-order valence-corrected chi connectivity index (χ2v) is 18.2. The third kappa shape index (κ3) is 6.93. The first kappa shape index (κ1) is 32.7. The lowest BCUT2D eigenvalue weighted by molar-refractivity contribution is -0.125. The molecule has 2 saturated heterocycles.